The van der Waals surface area contributed by atoms with Crippen LogP contribution >= 0.6 is 0 Å². The molecule has 3 atom stereocenters. The number of rotatable bonds is 0. The van der Waals surface area contributed by atoms with E-state index in [0.717, 1.165) is 17.5 Å². The van der Waals surface area contributed by atoms with E-state index in [4.69, 9.17) is 4.74 Å². The van der Waals surface area contributed by atoms with E-state index in [1.165, 1.54) is 17.7 Å². The summed E-state index contributed by atoms with van der Waals surface area (Å²) in [5.74, 6) is 6.21. The Morgan fingerprint density at radius 2 is 1.78 bits per heavy atom. The lowest BCUT2D eigenvalue weighted by molar-refractivity contribution is 0.0170. The molecule has 1 saturated heterocycles. The van der Waals surface area contributed by atoms with Crippen molar-refractivity contribution >= 4 is 6.09 Å². The summed E-state index contributed by atoms with van der Waals surface area (Å²) in [4.78, 5) is 14.7. The number of halogens is 1. The smallest absolute Gasteiger partial charge is 0.411 e. The number of carbonyl (C=O) groups is 1. The number of nitrogens with zero attached hydrogens (tertiary/aromatic N) is 1. The quantitative estimate of drug-likeness (QED) is 0.600. The van der Waals surface area contributed by atoms with Crippen LogP contribution in [0, 0.1) is 23.6 Å². The number of hydrogen-bond donors (Lipinski definition) is 0. The second-order valence-electron chi connectivity index (χ2n) is 8.10. The summed E-state index contributed by atoms with van der Waals surface area (Å²) in [5, 5.41) is 0. The van der Waals surface area contributed by atoms with Crippen LogP contribution in [0.3, 0.4) is 0 Å². The number of carbonyl (C=O) groups excluding carboxylic acids is 1. The normalized spacial score (nSPS) is 22.8. The maximum absolute atomic E-state index is 13.1. The monoisotopic (exact) mass is 363 g/mol. The van der Waals surface area contributed by atoms with Crippen molar-refractivity contribution in [2.24, 2.45) is 5.92 Å². The Labute approximate surface area is 159 Å². The van der Waals surface area contributed by atoms with Crippen molar-refractivity contribution in [3.05, 3.63) is 71.0 Å². The van der Waals surface area contributed by atoms with Crippen molar-refractivity contribution in [3.8, 4) is 11.8 Å². The van der Waals surface area contributed by atoms with Crippen LogP contribution in [0.5, 0.6) is 0 Å². The van der Waals surface area contributed by atoms with E-state index in [0.29, 0.717) is 0 Å². The molecule has 27 heavy (non-hydrogen) atoms. The van der Waals surface area contributed by atoms with Crippen molar-refractivity contribution in [2.45, 2.75) is 44.9 Å². The fourth-order valence-corrected chi connectivity index (χ4v) is 4.00. The summed E-state index contributed by atoms with van der Waals surface area (Å²) in [6, 6.07) is 14.2. The van der Waals surface area contributed by atoms with Gasteiger partial charge in [0.2, 0.25) is 0 Å². The van der Waals surface area contributed by atoms with Crippen LogP contribution in [-0.4, -0.2) is 16.6 Å². The molecule has 4 heteroatoms. The van der Waals surface area contributed by atoms with Crippen LogP contribution in [0.25, 0.3) is 0 Å². The molecule has 0 N–H and O–H groups in total. The summed E-state index contributed by atoms with van der Waals surface area (Å²) in [6.45, 7) is 5.63. The number of fused-ring (bicyclic) bond motifs is 5. The minimum atomic E-state index is -0.541. The summed E-state index contributed by atoms with van der Waals surface area (Å²) in [6.07, 6.45) is 0.495. The standard InChI is InChI=1S/C23H22FNO2/c1-23(2,3)27-22(26)25-20-14-16(11-8-15-9-12-17(24)13-10-15)21(25)19-7-5-4-6-18(19)20/h4-7,9-10,12-13,16,20-21H,14H2,1-3H3/t16?,20-,21+/m1/s1. The maximum Gasteiger partial charge on any atom is 0.411 e. The lowest BCUT2D eigenvalue weighted by atomic mass is 9.84. The van der Waals surface area contributed by atoms with Gasteiger partial charge in [0.25, 0.3) is 0 Å². The molecule has 1 unspecified atom stereocenters. The van der Waals surface area contributed by atoms with Gasteiger partial charge in [-0.3, -0.25) is 4.90 Å². The lowest BCUT2D eigenvalue weighted by Gasteiger charge is -2.28. The minimum Gasteiger partial charge on any atom is -0.444 e. The number of hydrogen-bond acceptors (Lipinski definition) is 2. The van der Waals surface area contributed by atoms with Crippen molar-refractivity contribution in [2.75, 3.05) is 0 Å². The molecule has 2 heterocycles. The molecule has 0 radical (unpaired) electrons. The second kappa shape index (κ2) is 6.42. The van der Waals surface area contributed by atoms with Crippen molar-refractivity contribution < 1.29 is 13.9 Å². The SMILES string of the molecule is CC(C)(C)OC(=O)N1[C@@H]2CC(C#Cc3ccc(F)cc3)[C@H]1c1ccccc12. The first-order valence-electron chi connectivity index (χ1n) is 9.21. The van der Waals surface area contributed by atoms with Crippen LogP contribution < -0.4 is 0 Å². The Kier molecular flexibility index (Phi) is 4.19. The highest BCUT2D eigenvalue weighted by Crippen LogP contribution is 2.56. The van der Waals surface area contributed by atoms with E-state index in [1.807, 2.05) is 37.8 Å². The highest BCUT2D eigenvalue weighted by Gasteiger charge is 2.52. The molecule has 2 aliphatic rings. The third kappa shape index (κ3) is 3.30. The second-order valence-corrected chi connectivity index (χ2v) is 8.10. The van der Waals surface area contributed by atoms with Gasteiger partial charge < -0.3 is 4.74 Å². The van der Waals surface area contributed by atoms with Crippen molar-refractivity contribution in [3.63, 3.8) is 0 Å². The van der Waals surface area contributed by atoms with Gasteiger partial charge in [-0.25, -0.2) is 9.18 Å². The van der Waals surface area contributed by atoms with Gasteiger partial charge in [0.15, 0.2) is 0 Å². The van der Waals surface area contributed by atoms with E-state index >= 15 is 0 Å². The highest BCUT2D eigenvalue weighted by molar-refractivity contribution is 5.72. The van der Waals surface area contributed by atoms with E-state index < -0.39 is 5.60 Å². The fourth-order valence-electron chi connectivity index (χ4n) is 4.00. The maximum atomic E-state index is 13.1. The van der Waals surface area contributed by atoms with Gasteiger partial charge in [0.05, 0.1) is 12.1 Å². The summed E-state index contributed by atoms with van der Waals surface area (Å²) in [5.41, 5.74) is 2.57. The van der Waals surface area contributed by atoms with Gasteiger partial charge >= 0.3 is 6.09 Å². The van der Waals surface area contributed by atoms with E-state index in [-0.39, 0.29) is 29.9 Å². The fraction of sp³-hybridized carbons (Fsp3) is 0.348. The first-order valence-corrected chi connectivity index (χ1v) is 9.21. The van der Waals surface area contributed by atoms with Crippen LogP contribution in [0.1, 0.15) is 56.0 Å². The van der Waals surface area contributed by atoms with Gasteiger partial charge in [-0.2, -0.15) is 0 Å². The Bertz CT molecular complexity index is 933. The van der Waals surface area contributed by atoms with Gasteiger partial charge in [-0.15, -0.1) is 0 Å². The van der Waals surface area contributed by atoms with E-state index in [9.17, 15) is 9.18 Å². The third-order valence-electron chi connectivity index (χ3n) is 5.02. The van der Waals surface area contributed by atoms with Crippen LogP contribution in [-0.2, 0) is 4.74 Å². The largest absolute Gasteiger partial charge is 0.444 e. The molecule has 0 saturated carbocycles. The Balaban J connectivity index is 1.65. The van der Waals surface area contributed by atoms with Crippen LogP contribution in [0.15, 0.2) is 48.5 Å². The molecule has 1 fully saturated rings. The molecule has 2 aromatic carbocycles. The highest BCUT2D eigenvalue weighted by atomic mass is 19.1. The molecule has 2 aromatic rings. The molecule has 0 spiro atoms. The topological polar surface area (TPSA) is 29.5 Å². The average Bonchev–Trinajstić information content (AvgIpc) is 3.14. The average molecular weight is 363 g/mol. The lowest BCUT2D eigenvalue weighted by Crippen LogP contribution is -2.35. The first kappa shape index (κ1) is 17.6. The van der Waals surface area contributed by atoms with Crippen LogP contribution in [0.4, 0.5) is 9.18 Å². The molecule has 0 aliphatic carbocycles. The van der Waals surface area contributed by atoms with Crippen molar-refractivity contribution in [1.29, 1.82) is 0 Å². The van der Waals surface area contributed by atoms with Gasteiger partial charge in [-0.1, -0.05) is 36.1 Å². The van der Waals surface area contributed by atoms with E-state index in [1.54, 1.807) is 12.1 Å². The Hall–Kier alpha value is -2.80. The molecular weight excluding hydrogens is 341 g/mol. The molecule has 4 rings (SSSR count). The van der Waals surface area contributed by atoms with Crippen LogP contribution in [0.2, 0.25) is 0 Å². The minimum absolute atomic E-state index is 0.00596. The summed E-state index contributed by atoms with van der Waals surface area (Å²) >= 11 is 0. The van der Waals surface area contributed by atoms with Gasteiger partial charge in [-0.05, 0) is 62.6 Å². The number of amides is 1. The zero-order chi connectivity index (χ0) is 19.2. The molecule has 1 amide bonds. The zero-order valence-electron chi connectivity index (χ0n) is 15.7. The summed E-state index contributed by atoms with van der Waals surface area (Å²) in [7, 11) is 0. The first-order chi connectivity index (χ1) is 12.8. The molecule has 2 aliphatic heterocycles. The van der Waals surface area contributed by atoms with Gasteiger partial charge in [0.1, 0.15) is 11.4 Å². The summed E-state index contributed by atoms with van der Waals surface area (Å²) < 4.78 is 18.7. The molecule has 2 bridgehead atoms. The molecule has 3 nitrogen and oxygen atoms in total. The van der Waals surface area contributed by atoms with E-state index in [2.05, 4.69) is 24.0 Å². The predicted molar refractivity (Wildman–Crippen MR) is 101 cm³/mol. The van der Waals surface area contributed by atoms with Gasteiger partial charge in [0, 0.05) is 11.5 Å². The number of benzene rings is 2. The predicted octanol–water partition coefficient (Wildman–Crippen LogP) is 5.23. The molecule has 0 aromatic heterocycles. The molecular formula is C23H22FNO2. The third-order valence-corrected chi connectivity index (χ3v) is 5.02. The Morgan fingerprint density at radius 3 is 2.44 bits per heavy atom. The molecule has 138 valence electrons. The zero-order valence-corrected chi connectivity index (χ0v) is 15.7. The number of ether oxygens (including phenoxy) is 1. The Morgan fingerprint density at radius 1 is 1.11 bits per heavy atom. The van der Waals surface area contributed by atoms with Crippen molar-refractivity contribution in [1.82, 2.24) is 4.90 Å².